The Hall–Kier alpha value is -2.23. The fourth-order valence-electron chi connectivity index (χ4n) is 1.57. The molecule has 2 aromatic rings. The van der Waals surface area contributed by atoms with E-state index in [1.165, 1.54) is 0 Å². The summed E-state index contributed by atoms with van der Waals surface area (Å²) in [4.78, 5) is 11.1. The molecule has 4 heteroatoms. The fraction of sp³-hybridized carbons (Fsp3) is 0.154. The molecule has 2 rings (SSSR count). The quantitative estimate of drug-likeness (QED) is 0.880. The lowest BCUT2D eigenvalue weighted by molar-refractivity contribution is 0.0692. The van der Waals surface area contributed by atoms with Crippen LogP contribution < -0.4 is 4.74 Å². The first kappa shape index (κ1) is 11.3. The zero-order valence-corrected chi connectivity index (χ0v) is 9.34. The minimum atomic E-state index is -1.01. The Kier molecular flexibility index (Phi) is 3.14. The Balaban J connectivity index is 2.45. The third-order valence-electron chi connectivity index (χ3n) is 2.32. The van der Waals surface area contributed by atoms with Crippen molar-refractivity contribution < 1.29 is 19.1 Å². The van der Waals surface area contributed by atoms with Gasteiger partial charge in [-0.1, -0.05) is 0 Å². The summed E-state index contributed by atoms with van der Waals surface area (Å²) >= 11 is 0. The molecule has 1 aromatic heterocycles. The van der Waals surface area contributed by atoms with Gasteiger partial charge >= 0.3 is 5.97 Å². The molecule has 0 bridgehead atoms. The topological polar surface area (TPSA) is 59.7 Å². The Bertz CT molecular complexity index is 514. The zero-order chi connectivity index (χ0) is 12.3. The lowest BCUT2D eigenvalue weighted by Gasteiger charge is -2.08. The lowest BCUT2D eigenvalue weighted by Crippen LogP contribution is -2.02. The maximum Gasteiger partial charge on any atom is 0.339 e. The van der Waals surface area contributed by atoms with Crippen LogP contribution in [0.15, 0.2) is 41.0 Å². The van der Waals surface area contributed by atoms with Crippen LogP contribution in [0.3, 0.4) is 0 Å². The van der Waals surface area contributed by atoms with Crippen LogP contribution in [0.4, 0.5) is 0 Å². The van der Waals surface area contributed by atoms with Gasteiger partial charge in [-0.05, 0) is 37.3 Å². The normalized spacial score (nSPS) is 10.2. The highest BCUT2D eigenvalue weighted by molar-refractivity contribution is 5.92. The number of ether oxygens (including phenoxy) is 1. The van der Waals surface area contributed by atoms with Crippen LogP contribution in [0.2, 0.25) is 0 Å². The summed E-state index contributed by atoms with van der Waals surface area (Å²) in [5, 5.41) is 9.10. The molecular formula is C13H12O4. The van der Waals surface area contributed by atoms with Crippen molar-refractivity contribution in [2.24, 2.45) is 0 Å². The van der Waals surface area contributed by atoms with Crippen LogP contribution in [0, 0.1) is 0 Å². The largest absolute Gasteiger partial charge is 0.493 e. The molecular weight excluding hydrogens is 220 g/mol. The van der Waals surface area contributed by atoms with Gasteiger partial charge in [0.05, 0.1) is 12.9 Å². The van der Waals surface area contributed by atoms with E-state index < -0.39 is 5.97 Å². The molecule has 0 amide bonds. The first-order chi connectivity index (χ1) is 8.22. The summed E-state index contributed by atoms with van der Waals surface area (Å²) in [7, 11) is 0. The third-order valence-corrected chi connectivity index (χ3v) is 2.32. The number of hydrogen-bond acceptors (Lipinski definition) is 3. The fourth-order valence-corrected chi connectivity index (χ4v) is 1.57. The van der Waals surface area contributed by atoms with E-state index in [1.807, 2.05) is 6.92 Å². The Morgan fingerprint density at radius 3 is 2.82 bits per heavy atom. The first-order valence-electron chi connectivity index (χ1n) is 5.26. The van der Waals surface area contributed by atoms with Crippen LogP contribution in [0.1, 0.15) is 17.3 Å². The van der Waals surface area contributed by atoms with Crippen LogP contribution in [-0.4, -0.2) is 17.7 Å². The van der Waals surface area contributed by atoms with Gasteiger partial charge in [-0.25, -0.2) is 4.79 Å². The second-order valence-corrected chi connectivity index (χ2v) is 3.43. The third kappa shape index (κ3) is 2.30. The van der Waals surface area contributed by atoms with Crippen molar-refractivity contribution in [3.05, 3.63) is 42.2 Å². The van der Waals surface area contributed by atoms with E-state index in [-0.39, 0.29) is 5.56 Å². The number of carbonyl (C=O) groups is 1. The Morgan fingerprint density at radius 2 is 2.24 bits per heavy atom. The number of furan rings is 1. The van der Waals surface area contributed by atoms with Crippen molar-refractivity contribution in [3.63, 3.8) is 0 Å². The SMILES string of the molecule is CCOc1ccc(-c2ccco2)cc1C(=O)O. The van der Waals surface area contributed by atoms with Crippen molar-refractivity contribution in [2.75, 3.05) is 6.61 Å². The molecule has 88 valence electrons. The van der Waals surface area contributed by atoms with Crippen molar-refractivity contribution in [3.8, 4) is 17.1 Å². The number of rotatable bonds is 4. The predicted molar refractivity (Wildman–Crippen MR) is 62.3 cm³/mol. The van der Waals surface area contributed by atoms with Gasteiger partial charge in [0.15, 0.2) is 0 Å². The molecule has 0 aliphatic heterocycles. The number of aromatic carboxylic acids is 1. The number of benzene rings is 1. The summed E-state index contributed by atoms with van der Waals surface area (Å²) in [6.45, 7) is 2.24. The highest BCUT2D eigenvalue weighted by atomic mass is 16.5. The van der Waals surface area contributed by atoms with Crippen molar-refractivity contribution in [2.45, 2.75) is 6.92 Å². The van der Waals surface area contributed by atoms with E-state index in [9.17, 15) is 4.79 Å². The molecule has 17 heavy (non-hydrogen) atoms. The molecule has 1 heterocycles. The van der Waals surface area contributed by atoms with E-state index in [2.05, 4.69) is 0 Å². The second kappa shape index (κ2) is 4.74. The highest BCUT2D eigenvalue weighted by Crippen LogP contribution is 2.27. The summed E-state index contributed by atoms with van der Waals surface area (Å²) in [6.07, 6.45) is 1.55. The summed E-state index contributed by atoms with van der Waals surface area (Å²) in [5.74, 6) is -0.00675. The van der Waals surface area contributed by atoms with E-state index in [0.717, 1.165) is 5.56 Å². The molecule has 0 aliphatic rings. The molecule has 0 atom stereocenters. The monoisotopic (exact) mass is 232 g/mol. The first-order valence-corrected chi connectivity index (χ1v) is 5.26. The smallest absolute Gasteiger partial charge is 0.339 e. The van der Waals surface area contributed by atoms with Gasteiger partial charge in [-0.15, -0.1) is 0 Å². The van der Waals surface area contributed by atoms with Gasteiger partial charge < -0.3 is 14.3 Å². The molecule has 1 aromatic carbocycles. The minimum Gasteiger partial charge on any atom is -0.493 e. The number of hydrogen-bond donors (Lipinski definition) is 1. The van der Waals surface area contributed by atoms with Crippen molar-refractivity contribution in [1.29, 1.82) is 0 Å². The molecule has 0 radical (unpaired) electrons. The van der Waals surface area contributed by atoms with Gasteiger partial charge in [0.1, 0.15) is 17.1 Å². The van der Waals surface area contributed by atoms with Gasteiger partial charge in [-0.3, -0.25) is 0 Å². The van der Waals surface area contributed by atoms with E-state index >= 15 is 0 Å². The van der Waals surface area contributed by atoms with E-state index in [1.54, 1.807) is 36.6 Å². The standard InChI is InChI=1S/C13H12O4/c1-2-16-12-6-5-9(8-10(12)13(14)15)11-4-3-7-17-11/h3-8H,2H2,1H3,(H,14,15). The summed E-state index contributed by atoms with van der Waals surface area (Å²) in [5.41, 5.74) is 0.858. The van der Waals surface area contributed by atoms with Gasteiger partial charge in [0.2, 0.25) is 0 Å². The predicted octanol–water partition coefficient (Wildman–Crippen LogP) is 3.04. The summed E-state index contributed by atoms with van der Waals surface area (Å²) in [6, 6.07) is 8.50. The molecule has 0 aliphatic carbocycles. The molecule has 0 unspecified atom stereocenters. The van der Waals surface area contributed by atoms with Gasteiger partial charge in [0, 0.05) is 5.56 Å². The molecule has 0 fully saturated rings. The van der Waals surface area contributed by atoms with Crippen LogP contribution >= 0.6 is 0 Å². The van der Waals surface area contributed by atoms with E-state index in [4.69, 9.17) is 14.3 Å². The van der Waals surface area contributed by atoms with Crippen LogP contribution in [0.25, 0.3) is 11.3 Å². The van der Waals surface area contributed by atoms with Crippen molar-refractivity contribution in [1.82, 2.24) is 0 Å². The maximum absolute atomic E-state index is 11.1. The zero-order valence-electron chi connectivity index (χ0n) is 9.34. The molecule has 0 saturated carbocycles. The van der Waals surface area contributed by atoms with Crippen molar-refractivity contribution >= 4 is 5.97 Å². The van der Waals surface area contributed by atoms with Gasteiger partial charge in [0.25, 0.3) is 0 Å². The van der Waals surface area contributed by atoms with Crippen LogP contribution in [-0.2, 0) is 0 Å². The minimum absolute atomic E-state index is 0.140. The second-order valence-electron chi connectivity index (χ2n) is 3.43. The van der Waals surface area contributed by atoms with Gasteiger partial charge in [-0.2, -0.15) is 0 Å². The molecule has 1 N–H and O–H groups in total. The Morgan fingerprint density at radius 1 is 1.41 bits per heavy atom. The number of carboxylic acid groups (broad SMARTS) is 1. The van der Waals surface area contributed by atoms with Crippen LogP contribution in [0.5, 0.6) is 5.75 Å². The average molecular weight is 232 g/mol. The average Bonchev–Trinajstić information content (AvgIpc) is 2.83. The molecule has 0 spiro atoms. The Labute approximate surface area is 98.4 Å². The maximum atomic E-state index is 11.1. The molecule has 0 saturated heterocycles. The lowest BCUT2D eigenvalue weighted by atomic mass is 10.1. The molecule has 4 nitrogen and oxygen atoms in total. The summed E-state index contributed by atoms with van der Waals surface area (Å²) < 4.78 is 10.5. The number of carboxylic acids is 1. The van der Waals surface area contributed by atoms with E-state index in [0.29, 0.717) is 18.1 Å². The highest BCUT2D eigenvalue weighted by Gasteiger charge is 2.13.